The minimum Gasteiger partial charge on any atom is -0.307 e. The number of hydrogen-bond donors (Lipinski definition) is 0. The predicted octanol–water partition coefficient (Wildman–Crippen LogP) is 7.43. The predicted molar refractivity (Wildman–Crippen MR) is 135 cm³/mol. The van der Waals surface area contributed by atoms with Crippen molar-refractivity contribution < 1.29 is 9.59 Å². The average Bonchev–Trinajstić information content (AvgIpc) is 3.17. The van der Waals surface area contributed by atoms with Gasteiger partial charge in [-0.05, 0) is 104 Å². The lowest BCUT2D eigenvalue weighted by Crippen LogP contribution is -2.65. The highest BCUT2D eigenvalue weighted by Crippen LogP contribution is 2.76. The van der Waals surface area contributed by atoms with E-state index in [0.717, 1.165) is 51.4 Å². The van der Waals surface area contributed by atoms with E-state index in [9.17, 15) is 9.59 Å². The lowest BCUT2D eigenvalue weighted by Gasteiger charge is -2.71. The van der Waals surface area contributed by atoms with Crippen LogP contribution in [0.25, 0.3) is 4.85 Å². The second-order valence-corrected chi connectivity index (χ2v) is 14.1. The van der Waals surface area contributed by atoms with Crippen molar-refractivity contribution in [2.24, 2.45) is 56.7 Å². The van der Waals surface area contributed by atoms with Crippen molar-refractivity contribution in [1.82, 2.24) is 0 Å². The maximum atomic E-state index is 13.2. The van der Waals surface area contributed by atoms with Crippen LogP contribution in [0.15, 0.2) is 23.9 Å². The van der Waals surface area contributed by atoms with Gasteiger partial charge >= 0.3 is 0 Å². The molecule has 5 aliphatic rings. The highest BCUT2D eigenvalue weighted by Gasteiger charge is 2.70. The highest BCUT2D eigenvalue weighted by molar-refractivity contribution is 6.02. The van der Waals surface area contributed by atoms with Gasteiger partial charge in [0, 0.05) is 10.8 Å². The van der Waals surface area contributed by atoms with E-state index in [4.69, 9.17) is 6.57 Å². The third kappa shape index (κ3) is 2.64. The van der Waals surface area contributed by atoms with Gasteiger partial charge in [0.05, 0.1) is 6.57 Å². The Kier molecular flexibility index (Phi) is 5.07. The van der Waals surface area contributed by atoms with Crippen LogP contribution in [-0.4, -0.2) is 12.1 Å². The molecule has 5 rings (SSSR count). The van der Waals surface area contributed by atoms with Gasteiger partial charge in [-0.25, -0.2) is 4.85 Å². The number of fused-ring (bicyclic) bond motifs is 7. The standard InChI is InChI=1S/C31H43NO2/c1-19(2)20-11-14-31(18-33)16-15-29(6)21(25(20)31)9-10-24-28(5)17-22(32-8)26(34)27(3,4)23(28)12-13-30(24,29)7/h17-18,20-21,23-25H,1,9-16H2,2-7H3/t20-,21+,23-,24+,25+,28-,29+,30+,31+/m0/s1. The van der Waals surface area contributed by atoms with Crippen molar-refractivity contribution in [2.75, 3.05) is 0 Å². The Morgan fingerprint density at radius 1 is 1.00 bits per heavy atom. The zero-order valence-corrected chi connectivity index (χ0v) is 22.2. The Hall–Kier alpha value is -1.69. The van der Waals surface area contributed by atoms with Crippen LogP contribution in [-0.2, 0) is 9.59 Å². The first-order valence-electron chi connectivity index (χ1n) is 13.6. The topological polar surface area (TPSA) is 38.5 Å². The van der Waals surface area contributed by atoms with Crippen LogP contribution in [0.2, 0.25) is 0 Å². The summed E-state index contributed by atoms with van der Waals surface area (Å²) in [6.07, 6.45) is 12.2. The molecule has 3 nitrogen and oxygen atoms in total. The van der Waals surface area contributed by atoms with E-state index in [0.29, 0.717) is 29.4 Å². The van der Waals surface area contributed by atoms with E-state index in [1.165, 1.54) is 11.9 Å². The van der Waals surface area contributed by atoms with Gasteiger partial charge in [0.1, 0.15) is 6.29 Å². The fourth-order valence-corrected chi connectivity index (χ4v) is 11.0. The fraction of sp³-hybridized carbons (Fsp3) is 0.774. The molecule has 0 saturated heterocycles. The second-order valence-electron chi connectivity index (χ2n) is 14.1. The van der Waals surface area contributed by atoms with Gasteiger partial charge in [-0.15, -0.1) is 0 Å². The van der Waals surface area contributed by atoms with Crippen molar-refractivity contribution in [1.29, 1.82) is 0 Å². The molecule has 184 valence electrons. The molecule has 34 heavy (non-hydrogen) atoms. The maximum Gasteiger partial charge on any atom is 0.226 e. The van der Waals surface area contributed by atoms with Crippen LogP contribution >= 0.6 is 0 Å². The second kappa shape index (κ2) is 7.18. The van der Waals surface area contributed by atoms with Crippen molar-refractivity contribution in [3.8, 4) is 0 Å². The molecule has 0 bridgehead atoms. The molecule has 3 heteroatoms. The van der Waals surface area contributed by atoms with Crippen molar-refractivity contribution in [3.05, 3.63) is 35.3 Å². The molecule has 0 unspecified atom stereocenters. The van der Waals surface area contributed by atoms with Gasteiger partial charge in [0.15, 0.2) is 5.78 Å². The zero-order chi connectivity index (χ0) is 24.9. The Morgan fingerprint density at radius 3 is 2.32 bits per heavy atom. The molecule has 0 aromatic rings. The monoisotopic (exact) mass is 461 g/mol. The molecule has 0 aromatic carbocycles. The first-order valence-corrected chi connectivity index (χ1v) is 13.6. The quantitative estimate of drug-likeness (QED) is 0.243. The third-order valence-electron chi connectivity index (χ3n) is 12.8. The summed E-state index contributed by atoms with van der Waals surface area (Å²) in [5.74, 6) is 2.20. The van der Waals surface area contributed by atoms with Gasteiger partial charge in [-0.3, -0.25) is 0 Å². The SMILES string of the molecule is [C-]#[N+]C1=C[C@]2(C)[C@H]3CC[C@@H]4[C@H]5[C@H](C(=C)C)CC[C@]5(C=O)CC[C@@]4(C)[C@]3(C)CC[C@H]2C(C)(C)C1=O. The Labute approximate surface area is 206 Å². The molecule has 4 saturated carbocycles. The number of allylic oxidation sites excluding steroid dienone is 3. The minimum atomic E-state index is -0.488. The molecule has 0 N–H and O–H groups in total. The summed E-state index contributed by atoms with van der Waals surface area (Å²) in [7, 11) is 0. The van der Waals surface area contributed by atoms with Crippen LogP contribution in [0.3, 0.4) is 0 Å². The number of hydrogen-bond acceptors (Lipinski definition) is 2. The largest absolute Gasteiger partial charge is 0.307 e. The number of carbonyl (C=O) groups is 2. The maximum absolute atomic E-state index is 13.2. The van der Waals surface area contributed by atoms with E-state index >= 15 is 0 Å². The Morgan fingerprint density at radius 2 is 1.71 bits per heavy atom. The highest BCUT2D eigenvalue weighted by atomic mass is 16.1. The van der Waals surface area contributed by atoms with Gasteiger partial charge in [-0.2, -0.15) is 0 Å². The molecule has 9 atom stereocenters. The lowest BCUT2D eigenvalue weighted by atomic mass is 9.33. The van der Waals surface area contributed by atoms with E-state index in [2.05, 4.69) is 59.0 Å². The van der Waals surface area contributed by atoms with Crippen LogP contribution in [0.4, 0.5) is 0 Å². The summed E-state index contributed by atoms with van der Waals surface area (Å²) in [6.45, 7) is 25.9. The van der Waals surface area contributed by atoms with E-state index in [1.807, 2.05) is 0 Å². The number of ketones is 1. The summed E-state index contributed by atoms with van der Waals surface area (Å²) < 4.78 is 0. The molecule has 4 fully saturated rings. The number of Topliss-reactive ketones (excluding diaryl/α,β-unsaturated/α-hetero) is 1. The smallest absolute Gasteiger partial charge is 0.226 e. The molecule has 0 aromatic heterocycles. The van der Waals surface area contributed by atoms with E-state index < -0.39 is 5.41 Å². The van der Waals surface area contributed by atoms with Crippen LogP contribution < -0.4 is 0 Å². The number of nitrogens with zero attached hydrogens (tertiary/aromatic N) is 1. The number of carbonyl (C=O) groups excluding carboxylic acids is 2. The van der Waals surface area contributed by atoms with E-state index in [1.54, 1.807) is 0 Å². The number of rotatable bonds is 2. The van der Waals surface area contributed by atoms with Gasteiger partial charge in [0.25, 0.3) is 0 Å². The number of aldehydes is 1. The van der Waals surface area contributed by atoms with Crippen LogP contribution in [0.1, 0.15) is 92.9 Å². The first kappa shape index (κ1) is 24.0. The zero-order valence-electron chi connectivity index (χ0n) is 22.2. The molecule has 0 amide bonds. The lowest BCUT2D eigenvalue weighted by molar-refractivity contribution is -0.215. The van der Waals surface area contributed by atoms with Gasteiger partial charge < -0.3 is 9.59 Å². The Balaban J connectivity index is 1.61. The van der Waals surface area contributed by atoms with Crippen LogP contribution in [0, 0.1) is 63.2 Å². The average molecular weight is 462 g/mol. The Bertz CT molecular complexity index is 1030. The summed E-state index contributed by atoms with van der Waals surface area (Å²) >= 11 is 0. The molecular formula is C31H43NO2. The fourth-order valence-electron chi connectivity index (χ4n) is 11.0. The van der Waals surface area contributed by atoms with Crippen molar-refractivity contribution >= 4 is 12.1 Å². The summed E-state index contributed by atoms with van der Waals surface area (Å²) in [4.78, 5) is 29.5. The summed E-state index contributed by atoms with van der Waals surface area (Å²) in [5.41, 5.74) is 1.14. The first-order chi connectivity index (χ1) is 15.8. The molecule has 5 aliphatic carbocycles. The minimum absolute atomic E-state index is 0.0390. The summed E-state index contributed by atoms with van der Waals surface area (Å²) in [5, 5.41) is 0. The van der Waals surface area contributed by atoms with Crippen molar-refractivity contribution in [3.63, 3.8) is 0 Å². The third-order valence-corrected chi connectivity index (χ3v) is 12.8. The van der Waals surface area contributed by atoms with Gasteiger partial charge in [-0.1, -0.05) is 52.8 Å². The summed E-state index contributed by atoms with van der Waals surface area (Å²) in [6, 6.07) is 0. The van der Waals surface area contributed by atoms with E-state index in [-0.39, 0.29) is 33.4 Å². The van der Waals surface area contributed by atoms with Crippen LogP contribution in [0.5, 0.6) is 0 Å². The van der Waals surface area contributed by atoms with Crippen molar-refractivity contribution in [2.45, 2.75) is 92.9 Å². The molecule has 0 radical (unpaired) electrons. The van der Waals surface area contributed by atoms with Gasteiger partial charge in [0.2, 0.25) is 5.70 Å². The molecular weight excluding hydrogens is 418 g/mol. The normalized spacial score (nSPS) is 51.1. The molecule has 0 aliphatic heterocycles. The molecule has 0 heterocycles. The molecule has 0 spiro atoms.